The van der Waals surface area contributed by atoms with Crippen molar-refractivity contribution >= 4 is 45.8 Å². The molecule has 0 fully saturated rings. The van der Waals surface area contributed by atoms with Crippen molar-refractivity contribution < 1.29 is 9.32 Å². The van der Waals surface area contributed by atoms with Gasteiger partial charge in [-0.05, 0) is 37.3 Å². The third kappa shape index (κ3) is 3.37. The largest absolute Gasteiger partial charge is 0.336 e. The number of hydrogen-bond donors (Lipinski definition) is 1. The number of carbonyl (C=O) groups excluding carboxylic acids is 1. The van der Waals surface area contributed by atoms with Gasteiger partial charge >= 0.3 is 0 Å². The third-order valence-corrected chi connectivity index (χ3v) is 5.22. The van der Waals surface area contributed by atoms with Crippen molar-refractivity contribution in [3.8, 4) is 0 Å². The van der Waals surface area contributed by atoms with Gasteiger partial charge in [0.1, 0.15) is 5.51 Å². The average Bonchev–Trinajstić information content (AvgIpc) is 3.26. The van der Waals surface area contributed by atoms with Crippen LogP contribution in [0, 0.1) is 6.92 Å². The Morgan fingerprint density at radius 2 is 2.12 bits per heavy atom. The van der Waals surface area contributed by atoms with Gasteiger partial charge in [-0.15, -0.1) is 10.2 Å². The second-order valence-corrected chi connectivity index (χ2v) is 7.28. The molecule has 0 bridgehead atoms. The van der Waals surface area contributed by atoms with Gasteiger partial charge < -0.3 is 9.84 Å². The van der Waals surface area contributed by atoms with Gasteiger partial charge in [-0.2, -0.15) is 0 Å². The van der Waals surface area contributed by atoms with Crippen LogP contribution in [-0.2, 0) is 0 Å². The third-order valence-electron chi connectivity index (χ3n) is 3.43. The zero-order valence-corrected chi connectivity index (χ0v) is 14.6. The summed E-state index contributed by atoms with van der Waals surface area (Å²) in [7, 11) is 0. The van der Waals surface area contributed by atoms with Crippen LogP contribution in [0.4, 0.5) is 5.69 Å². The topological polar surface area (TPSA) is 93.8 Å². The van der Waals surface area contributed by atoms with Crippen molar-refractivity contribution in [2.24, 2.45) is 0 Å². The smallest absolute Gasteiger partial charge is 0.257 e. The molecule has 1 aromatic carbocycles. The maximum absolute atomic E-state index is 12.4. The van der Waals surface area contributed by atoms with Gasteiger partial charge in [-0.25, -0.2) is 4.98 Å². The zero-order chi connectivity index (χ0) is 17.2. The van der Waals surface area contributed by atoms with Gasteiger partial charge in [0.25, 0.3) is 11.6 Å². The molecule has 0 atom stereocenters. The van der Waals surface area contributed by atoms with Gasteiger partial charge in [0, 0.05) is 16.8 Å². The summed E-state index contributed by atoms with van der Waals surface area (Å²) in [6.45, 7) is 1.81. The molecule has 4 aromatic rings. The highest BCUT2D eigenvalue weighted by Gasteiger charge is 2.12. The lowest BCUT2D eigenvalue weighted by atomic mass is 10.2. The minimum absolute atomic E-state index is 0.237. The maximum atomic E-state index is 12.4. The Morgan fingerprint density at radius 1 is 1.28 bits per heavy atom. The summed E-state index contributed by atoms with van der Waals surface area (Å²) < 4.78 is 5.93. The molecule has 1 amide bonds. The first-order valence-electron chi connectivity index (χ1n) is 7.26. The molecule has 0 saturated carbocycles. The predicted molar refractivity (Wildman–Crippen MR) is 95.0 cm³/mol. The summed E-state index contributed by atoms with van der Waals surface area (Å²) in [4.78, 5) is 17.5. The molecule has 124 valence electrons. The molecule has 0 saturated heterocycles. The molecule has 1 N–H and O–H groups in total. The molecule has 25 heavy (non-hydrogen) atoms. The van der Waals surface area contributed by atoms with Crippen LogP contribution in [0.3, 0.4) is 0 Å². The van der Waals surface area contributed by atoms with Gasteiger partial charge in [-0.1, -0.05) is 28.3 Å². The standard InChI is InChI=1S/C16H11N5O2S2/c1-9-13-6-10(7-17-15(13)23-21-9)14(22)19-11-2-4-12(5-3-11)25-16-20-18-8-24-16/h2-8H,1H3,(H,19,22). The van der Waals surface area contributed by atoms with E-state index in [0.29, 0.717) is 22.7 Å². The van der Waals surface area contributed by atoms with Gasteiger partial charge in [0.2, 0.25) is 0 Å². The van der Waals surface area contributed by atoms with Crippen LogP contribution < -0.4 is 5.32 Å². The molecule has 3 aromatic heterocycles. The van der Waals surface area contributed by atoms with Gasteiger partial charge in [0.15, 0.2) is 4.34 Å². The van der Waals surface area contributed by atoms with E-state index in [4.69, 9.17) is 4.52 Å². The minimum Gasteiger partial charge on any atom is -0.336 e. The Kier molecular flexibility index (Phi) is 4.16. The molecule has 7 nitrogen and oxygen atoms in total. The highest BCUT2D eigenvalue weighted by Crippen LogP contribution is 2.29. The molecule has 9 heteroatoms. The van der Waals surface area contributed by atoms with Crippen molar-refractivity contribution in [2.75, 3.05) is 5.32 Å². The molecule has 3 heterocycles. The van der Waals surface area contributed by atoms with Crippen LogP contribution in [0.25, 0.3) is 11.1 Å². The summed E-state index contributed by atoms with van der Waals surface area (Å²) in [5.41, 5.74) is 3.97. The van der Waals surface area contributed by atoms with E-state index >= 15 is 0 Å². The predicted octanol–water partition coefficient (Wildman–Crippen LogP) is 3.79. The Balaban J connectivity index is 1.48. The number of aryl methyl sites for hydroxylation is 1. The molecule has 0 aliphatic carbocycles. The number of nitrogens with one attached hydrogen (secondary N) is 1. The first-order valence-corrected chi connectivity index (χ1v) is 8.96. The molecular formula is C16H11N5O2S2. The minimum atomic E-state index is -0.237. The van der Waals surface area contributed by atoms with E-state index in [1.54, 1.807) is 11.6 Å². The molecule has 0 radical (unpaired) electrons. The Morgan fingerprint density at radius 3 is 2.88 bits per heavy atom. The monoisotopic (exact) mass is 369 g/mol. The maximum Gasteiger partial charge on any atom is 0.257 e. The van der Waals surface area contributed by atoms with E-state index in [9.17, 15) is 4.79 Å². The second-order valence-electron chi connectivity index (χ2n) is 5.13. The highest BCUT2D eigenvalue weighted by molar-refractivity contribution is 8.01. The summed E-state index contributed by atoms with van der Waals surface area (Å²) in [5, 5.41) is 15.2. The van der Waals surface area contributed by atoms with Crippen LogP contribution in [-0.4, -0.2) is 26.2 Å². The Hall–Kier alpha value is -2.78. The number of pyridine rings is 1. The molecule has 0 spiro atoms. The second kappa shape index (κ2) is 6.61. The number of carbonyl (C=O) groups is 1. The van der Waals surface area contributed by atoms with Crippen molar-refractivity contribution in [3.63, 3.8) is 0 Å². The van der Waals surface area contributed by atoms with E-state index in [1.165, 1.54) is 29.3 Å². The summed E-state index contributed by atoms with van der Waals surface area (Å²) in [5.74, 6) is -0.237. The fourth-order valence-electron chi connectivity index (χ4n) is 2.19. The van der Waals surface area contributed by atoms with Crippen LogP contribution in [0.15, 0.2) is 55.8 Å². The van der Waals surface area contributed by atoms with Crippen LogP contribution in [0.2, 0.25) is 0 Å². The van der Waals surface area contributed by atoms with E-state index in [2.05, 4.69) is 25.7 Å². The van der Waals surface area contributed by atoms with Crippen molar-refractivity contribution in [3.05, 3.63) is 53.3 Å². The summed E-state index contributed by atoms with van der Waals surface area (Å²) >= 11 is 3.01. The van der Waals surface area contributed by atoms with Gasteiger partial charge in [-0.3, -0.25) is 4.79 Å². The van der Waals surface area contributed by atoms with E-state index < -0.39 is 0 Å². The van der Waals surface area contributed by atoms with Gasteiger partial charge in [0.05, 0.1) is 16.6 Å². The fourth-order valence-corrected chi connectivity index (χ4v) is 3.64. The van der Waals surface area contributed by atoms with E-state index in [0.717, 1.165) is 14.6 Å². The Labute approximate surface area is 150 Å². The summed E-state index contributed by atoms with van der Waals surface area (Å²) in [6, 6.07) is 9.26. The number of benzene rings is 1. The van der Waals surface area contributed by atoms with E-state index in [1.807, 2.05) is 31.2 Å². The normalized spacial score (nSPS) is 10.9. The number of anilines is 1. The first kappa shape index (κ1) is 15.7. The molecular weight excluding hydrogens is 358 g/mol. The lowest BCUT2D eigenvalue weighted by Gasteiger charge is -2.06. The molecule has 0 aliphatic rings. The number of fused-ring (bicyclic) bond motifs is 1. The highest BCUT2D eigenvalue weighted by atomic mass is 32.2. The number of nitrogens with zero attached hydrogens (tertiary/aromatic N) is 4. The van der Waals surface area contributed by atoms with Crippen molar-refractivity contribution in [1.29, 1.82) is 0 Å². The van der Waals surface area contributed by atoms with Crippen LogP contribution in [0.1, 0.15) is 16.1 Å². The number of rotatable bonds is 4. The van der Waals surface area contributed by atoms with E-state index in [-0.39, 0.29) is 5.91 Å². The average molecular weight is 369 g/mol. The Bertz CT molecular complexity index is 1030. The zero-order valence-electron chi connectivity index (χ0n) is 13.0. The molecule has 0 aliphatic heterocycles. The van der Waals surface area contributed by atoms with Crippen LogP contribution in [0.5, 0.6) is 0 Å². The fraction of sp³-hybridized carbons (Fsp3) is 0.0625. The van der Waals surface area contributed by atoms with Crippen molar-refractivity contribution in [2.45, 2.75) is 16.2 Å². The molecule has 4 rings (SSSR count). The van der Waals surface area contributed by atoms with Crippen LogP contribution >= 0.6 is 23.1 Å². The SMILES string of the molecule is Cc1noc2ncc(C(=O)Nc3ccc(Sc4nncs4)cc3)cc12. The van der Waals surface area contributed by atoms with Crippen molar-refractivity contribution in [1.82, 2.24) is 20.3 Å². The number of amides is 1. The summed E-state index contributed by atoms with van der Waals surface area (Å²) in [6.07, 6.45) is 1.47. The lowest BCUT2D eigenvalue weighted by molar-refractivity contribution is 0.102. The number of aromatic nitrogens is 4. The first-order chi connectivity index (χ1) is 12.2. The number of hydrogen-bond acceptors (Lipinski definition) is 8. The lowest BCUT2D eigenvalue weighted by Crippen LogP contribution is -2.12. The quantitative estimate of drug-likeness (QED) is 0.585. The molecule has 0 unspecified atom stereocenters.